The molecule has 1 amide bonds. The standard InChI is InChI=1S/C19H17N7O5/c1-23-13-11(17(29)26(4)18(23)30)7-9(8-20-13)21-15(27)12-6-5-10-14(22-12)24(2)19(31)25(3)16(10)28/h5-8H,1-4H3,(H,21,27). The lowest BCUT2D eigenvalue weighted by atomic mass is 10.2. The number of aromatic nitrogens is 6. The Bertz CT molecular complexity index is 1660. The smallest absolute Gasteiger partial charge is 0.319 e. The minimum Gasteiger partial charge on any atom is -0.319 e. The zero-order chi connectivity index (χ0) is 22.6. The van der Waals surface area contributed by atoms with Gasteiger partial charge in [0.2, 0.25) is 0 Å². The molecule has 158 valence electrons. The lowest BCUT2D eigenvalue weighted by Crippen LogP contribution is -2.37. The molecule has 4 heterocycles. The molecular weight excluding hydrogens is 406 g/mol. The molecule has 0 aliphatic heterocycles. The van der Waals surface area contributed by atoms with E-state index in [1.165, 1.54) is 61.7 Å². The van der Waals surface area contributed by atoms with Crippen molar-refractivity contribution in [1.29, 1.82) is 0 Å². The summed E-state index contributed by atoms with van der Waals surface area (Å²) in [6.07, 6.45) is 1.31. The Balaban J connectivity index is 1.78. The molecule has 0 radical (unpaired) electrons. The number of carbonyl (C=O) groups excluding carboxylic acids is 1. The van der Waals surface area contributed by atoms with E-state index >= 15 is 0 Å². The van der Waals surface area contributed by atoms with E-state index in [2.05, 4.69) is 15.3 Å². The number of pyridine rings is 2. The molecule has 0 aliphatic rings. The summed E-state index contributed by atoms with van der Waals surface area (Å²) in [5.74, 6) is -0.627. The molecule has 12 heteroatoms. The van der Waals surface area contributed by atoms with Crippen molar-refractivity contribution < 1.29 is 4.79 Å². The summed E-state index contributed by atoms with van der Waals surface area (Å²) < 4.78 is 4.31. The fraction of sp³-hybridized carbons (Fsp3) is 0.211. The molecule has 0 atom stereocenters. The topological polar surface area (TPSA) is 143 Å². The van der Waals surface area contributed by atoms with E-state index in [0.29, 0.717) is 0 Å². The molecule has 4 rings (SSSR count). The summed E-state index contributed by atoms with van der Waals surface area (Å²) in [4.78, 5) is 69.8. The predicted molar refractivity (Wildman–Crippen MR) is 112 cm³/mol. The Morgan fingerprint density at radius 2 is 1.39 bits per heavy atom. The van der Waals surface area contributed by atoms with Crippen molar-refractivity contribution >= 4 is 33.7 Å². The van der Waals surface area contributed by atoms with Gasteiger partial charge in [0.15, 0.2) is 0 Å². The van der Waals surface area contributed by atoms with Crippen LogP contribution in [0, 0.1) is 0 Å². The summed E-state index contributed by atoms with van der Waals surface area (Å²) in [6, 6.07) is 4.19. The normalized spacial score (nSPS) is 11.2. The summed E-state index contributed by atoms with van der Waals surface area (Å²) in [5, 5.41) is 2.93. The highest BCUT2D eigenvalue weighted by molar-refractivity contribution is 6.04. The first kappa shape index (κ1) is 19.9. The molecule has 0 spiro atoms. The van der Waals surface area contributed by atoms with Crippen LogP contribution >= 0.6 is 0 Å². The number of hydrogen-bond acceptors (Lipinski definition) is 7. The van der Waals surface area contributed by atoms with Crippen molar-refractivity contribution in [3.8, 4) is 0 Å². The first-order chi connectivity index (χ1) is 14.6. The van der Waals surface area contributed by atoms with Crippen LogP contribution in [0.2, 0.25) is 0 Å². The van der Waals surface area contributed by atoms with Gasteiger partial charge >= 0.3 is 11.4 Å². The molecule has 0 unspecified atom stereocenters. The molecular formula is C19H17N7O5. The highest BCUT2D eigenvalue weighted by atomic mass is 16.2. The summed E-state index contributed by atoms with van der Waals surface area (Å²) in [5.41, 5.74) is -1.71. The van der Waals surface area contributed by atoms with Gasteiger partial charge < -0.3 is 5.32 Å². The van der Waals surface area contributed by atoms with Crippen molar-refractivity contribution in [3.63, 3.8) is 0 Å². The lowest BCUT2D eigenvalue weighted by molar-refractivity contribution is 0.102. The van der Waals surface area contributed by atoms with Crippen molar-refractivity contribution in [2.45, 2.75) is 0 Å². The van der Waals surface area contributed by atoms with Gasteiger partial charge in [0, 0.05) is 28.2 Å². The van der Waals surface area contributed by atoms with Crippen LogP contribution in [0.15, 0.2) is 43.6 Å². The number of hydrogen-bond donors (Lipinski definition) is 1. The Kier molecular flexibility index (Phi) is 4.42. The van der Waals surface area contributed by atoms with Crippen LogP contribution in [-0.4, -0.2) is 34.1 Å². The second-order valence-electron chi connectivity index (χ2n) is 7.03. The molecule has 1 N–H and O–H groups in total. The zero-order valence-corrected chi connectivity index (χ0v) is 17.0. The highest BCUT2D eigenvalue weighted by Crippen LogP contribution is 2.14. The largest absolute Gasteiger partial charge is 0.332 e. The van der Waals surface area contributed by atoms with Crippen molar-refractivity contribution in [3.05, 3.63) is 71.8 Å². The number of nitrogens with one attached hydrogen (secondary N) is 1. The minimum absolute atomic E-state index is 0.0378. The molecule has 0 aromatic carbocycles. The first-order valence-electron chi connectivity index (χ1n) is 9.05. The van der Waals surface area contributed by atoms with Gasteiger partial charge in [0.05, 0.1) is 22.7 Å². The van der Waals surface area contributed by atoms with Gasteiger partial charge in [-0.1, -0.05) is 0 Å². The van der Waals surface area contributed by atoms with E-state index in [9.17, 15) is 24.0 Å². The van der Waals surface area contributed by atoms with Gasteiger partial charge in [0.25, 0.3) is 17.0 Å². The quantitative estimate of drug-likeness (QED) is 0.428. The molecule has 4 aromatic heterocycles. The maximum atomic E-state index is 12.7. The maximum absolute atomic E-state index is 12.7. The Morgan fingerprint density at radius 3 is 2.03 bits per heavy atom. The van der Waals surface area contributed by atoms with Crippen LogP contribution in [-0.2, 0) is 28.2 Å². The van der Waals surface area contributed by atoms with Gasteiger partial charge in [0.1, 0.15) is 17.0 Å². The van der Waals surface area contributed by atoms with Crippen LogP contribution in [0.4, 0.5) is 5.69 Å². The second-order valence-corrected chi connectivity index (χ2v) is 7.03. The van der Waals surface area contributed by atoms with Gasteiger partial charge in [-0.05, 0) is 18.2 Å². The van der Waals surface area contributed by atoms with E-state index in [-0.39, 0.29) is 33.4 Å². The fourth-order valence-corrected chi connectivity index (χ4v) is 3.31. The molecule has 4 aromatic rings. The SMILES string of the molecule is Cn1c(=O)c2cc(NC(=O)c3ccc4c(=O)n(C)c(=O)n(C)c4n3)cnc2n(C)c1=O. The molecule has 0 aliphatic carbocycles. The third-order valence-electron chi connectivity index (χ3n) is 5.09. The van der Waals surface area contributed by atoms with E-state index < -0.39 is 28.4 Å². The second kappa shape index (κ2) is 6.86. The van der Waals surface area contributed by atoms with Gasteiger partial charge in [-0.25, -0.2) is 19.6 Å². The van der Waals surface area contributed by atoms with Crippen LogP contribution in [0.25, 0.3) is 22.1 Å². The predicted octanol–water partition coefficient (Wildman–Crippen LogP) is -1.17. The Labute approximate surface area is 172 Å². The van der Waals surface area contributed by atoms with Crippen LogP contribution < -0.4 is 27.8 Å². The number of carbonyl (C=O) groups is 1. The van der Waals surface area contributed by atoms with Crippen LogP contribution in [0.3, 0.4) is 0 Å². The molecule has 0 bridgehead atoms. The van der Waals surface area contributed by atoms with E-state index in [4.69, 9.17) is 0 Å². The number of aryl methyl sites for hydroxylation is 2. The zero-order valence-electron chi connectivity index (χ0n) is 17.0. The van der Waals surface area contributed by atoms with Crippen molar-refractivity contribution in [1.82, 2.24) is 28.2 Å². The highest BCUT2D eigenvalue weighted by Gasteiger charge is 2.16. The number of amides is 1. The van der Waals surface area contributed by atoms with Crippen LogP contribution in [0.5, 0.6) is 0 Å². The fourth-order valence-electron chi connectivity index (χ4n) is 3.31. The average molecular weight is 423 g/mol. The van der Waals surface area contributed by atoms with Crippen LogP contribution in [0.1, 0.15) is 10.5 Å². The lowest BCUT2D eigenvalue weighted by Gasteiger charge is -2.10. The van der Waals surface area contributed by atoms with E-state index in [1.54, 1.807) is 0 Å². The maximum Gasteiger partial charge on any atom is 0.332 e. The van der Waals surface area contributed by atoms with Gasteiger partial charge in [-0.2, -0.15) is 0 Å². The average Bonchev–Trinajstić information content (AvgIpc) is 2.78. The van der Waals surface area contributed by atoms with Gasteiger partial charge in [-0.15, -0.1) is 0 Å². The molecule has 0 saturated carbocycles. The Hall–Kier alpha value is -4.35. The monoisotopic (exact) mass is 423 g/mol. The molecule has 0 fully saturated rings. The molecule has 12 nitrogen and oxygen atoms in total. The summed E-state index contributed by atoms with van der Waals surface area (Å²) >= 11 is 0. The molecule has 0 saturated heterocycles. The first-order valence-corrected chi connectivity index (χ1v) is 9.05. The third-order valence-corrected chi connectivity index (χ3v) is 5.09. The van der Waals surface area contributed by atoms with Crippen molar-refractivity contribution in [2.24, 2.45) is 28.2 Å². The van der Waals surface area contributed by atoms with Gasteiger partial charge in [-0.3, -0.25) is 32.7 Å². The number of nitrogens with zero attached hydrogens (tertiary/aromatic N) is 6. The third kappa shape index (κ3) is 2.96. The summed E-state index contributed by atoms with van der Waals surface area (Å²) in [7, 11) is 5.65. The number of anilines is 1. The number of fused-ring (bicyclic) bond motifs is 2. The molecule has 31 heavy (non-hydrogen) atoms. The van der Waals surface area contributed by atoms with Crippen molar-refractivity contribution in [2.75, 3.05) is 5.32 Å². The summed E-state index contributed by atoms with van der Waals surface area (Å²) in [6.45, 7) is 0. The minimum atomic E-state index is -0.627. The van der Waals surface area contributed by atoms with E-state index in [1.807, 2.05) is 0 Å². The number of rotatable bonds is 2. The Morgan fingerprint density at radius 1 is 0.806 bits per heavy atom. The van der Waals surface area contributed by atoms with E-state index in [0.717, 1.165) is 9.13 Å².